The number of rotatable bonds is 74. The predicted octanol–water partition coefficient (Wildman–Crippen LogP) is 21.9. The van der Waals surface area contributed by atoms with E-state index in [9.17, 15) is 43.2 Å². The van der Waals surface area contributed by atoms with Crippen LogP contribution in [0.3, 0.4) is 0 Å². The number of esters is 4. The topological polar surface area (TPSA) is 237 Å². The van der Waals surface area contributed by atoms with Crippen LogP contribution in [-0.2, 0) is 65.4 Å². The number of unbranched alkanes of at least 4 members (excludes halogenated alkanes) is 44. The first-order valence-electron chi connectivity index (χ1n) is 39.0. The SMILES string of the molecule is CCCCCCCCCCCCCCCCCC(=O)OC[C@H](COP(=O)(O)OC[C@@H](O)COP(=O)(O)OC[C@@H](COC(=O)CCCCCCCCC)OC(=O)CCCCCCCCCCC(C)C)OC(=O)CCCCCCCCCCCCCCCCCCCCC(C)C. The summed E-state index contributed by atoms with van der Waals surface area (Å²) in [6.07, 6.45) is 54.4. The van der Waals surface area contributed by atoms with Crippen LogP contribution >= 0.6 is 15.6 Å². The number of aliphatic hydroxyl groups is 1. The number of aliphatic hydroxyl groups excluding tert-OH is 1. The van der Waals surface area contributed by atoms with E-state index in [0.717, 1.165) is 115 Å². The van der Waals surface area contributed by atoms with E-state index in [1.807, 2.05) is 0 Å². The molecule has 3 N–H and O–H groups in total. The second-order valence-electron chi connectivity index (χ2n) is 28.0. The third-order valence-electron chi connectivity index (χ3n) is 17.5. The molecule has 0 aromatic heterocycles. The van der Waals surface area contributed by atoms with Crippen molar-refractivity contribution < 1.29 is 80.2 Å². The fourth-order valence-corrected chi connectivity index (χ4v) is 13.1. The molecule has 19 heteroatoms. The largest absolute Gasteiger partial charge is 0.472 e. The van der Waals surface area contributed by atoms with Gasteiger partial charge in [-0.15, -0.1) is 0 Å². The Labute approximate surface area is 575 Å². The summed E-state index contributed by atoms with van der Waals surface area (Å²) in [6.45, 7) is 9.54. The highest BCUT2D eigenvalue weighted by molar-refractivity contribution is 7.47. The van der Waals surface area contributed by atoms with Gasteiger partial charge in [-0.3, -0.25) is 37.3 Å². The fraction of sp³-hybridized carbons (Fsp3) is 0.947. The summed E-state index contributed by atoms with van der Waals surface area (Å²) < 4.78 is 68.3. The van der Waals surface area contributed by atoms with Crippen molar-refractivity contribution in [3.8, 4) is 0 Å². The molecule has 558 valence electrons. The summed E-state index contributed by atoms with van der Waals surface area (Å²) >= 11 is 0. The van der Waals surface area contributed by atoms with Crippen LogP contribution in [0.15, 0.2) is 0 Å². The van der Waals surface area contributed by atoms with Gasteiger partial charge in [0.1, 0.15) is 19.3 Å². The Morgan fingerprint density at radius 2 is 0.489 bits per heavy atom. The Morgan fingerprint density at radius 1 is 0.287 bits per heavy atom. The van der Waals surface area contributed by atoms with Gasteiger partial charge in [-0.1, -0.05) is 337 Å². The standard InChI is InChI=1S/C75H146O17P2/c1-7-9-11-13-15-16-17-18-23-27-30-33-40-46-52-58-73(78)86-64-71(91-74(79)59-53-47-41-34-31-28-25-22-20-19-21-24-26-29-32-38-43-49-55-67(3)4)66-90-94(83,84)88-62-69(76)61-87-93(81,82)89-65-70(63-85-72(77)57-51-45-37-14-12-10-8-2)92-75(80)60-54-48-42-36-35-39-44-50-56-68(5)6/h67-71,76H,7-66H2,1-6H3,(H,81,82)(H,83,84)/t69-,70+,71+/m0/s1. The third kappa shape index (κ3) is 68.6. The average Bonchev–Trinajstić information content (AvgIpc) is 1.99. The average molecular weight is 1380 g/mol. The van der Waals surface area contributed by atoms with Gasteiger partial charge in [-0.2, -0.15) is 0 Å². The number of phosphoric acid groups is 2. The van der Waals surface area contributed by atoms with Gasteiger partial charge in [-0.05, 0) is 37.5 Å². The lowest BCUT2D eigenvalue weighted by Gasteiger charge is -2.21. The minimum absolute atomic E-state index is 0.104. The zero-order valence-corrected chi connectivity index (χ0v) is 63.1. The molecule has 2 unspecified atom stereocenters. The molecule has 0 bridgehead atoms. The maximum absolute atomic E-state index is 13.1. The fourth-order valence-electron chi connectivity index (χ4n) is 11.5. The van der Waals surface area contributed by atoms with E-state index < -0.39 is 97.5 Å². The monoisotopic (exact) mass is 1380 g/mol. The minimum atomic E-state index is -4.96. The molecule has 0 saturated carbocycles. The van der Waals surface area contributed by atoms with E-state index in [1.54, 1.807) is 0 Å². The molecule has 0 aliphatic heterocycles. The zero-order valence-electron chi connectivity index (χ0n) is 61.3. The van der Waals surface area contributed by atoms with Gasteiger partial charge in [0.25, 0.3) is 0 Å². The highest BCUT2D eigenvalue weighted by Gasteiger charge is 2.30. The number of phosphoric ester groups is 2. The summed E-state index contributed by atoms with van der Waals surface area (Å²) in [5.41, 5.74) is 0. The molecule has 0 amide bonds. The molecular formula is C75H146O17P2. The summed E-state index contributed by atoms with van der Waals surface area (Å²) in [7, 11) is -9.90. The molecule has 0 aromatic carbocycles. The molecule has 94 heavy (non-hydrogen) atoms. The van der Waals surface area contributed by atoms with E-state index in [4.69, 9.17) is 37.0 Å². The molecule has 0 aromatic rings. The van der Waals surface area contributed by atoms with Crippen LogP contribution in [0.1, 0.15) is 388 Å². The molecule has 5 atom stereocenters. The Bertz CT molecular complexity index is 1820. The summed E-state index contributed by atoms with van der Waals surface area (Å²) in [5, 5.41) is 10.6. The third-order valence-corrected chi connectivity index (χ3v) is 19.4. The van der Waals surface area contributed by atoms with Gasteiger partial charge < -0.3 is 33.8 Å². The van der Waals surface area contributed by atoms with Crippen molar-refractivity contribution in [1.82, 2.24) is 0 Å². The number of carbonyl (C=O) groups excluding carboxylic acids is 4. The molecule has 0 aliphatic rings. The van der Waals surface area contributed by atoms with Gasteiger partial charge in [0.05, 0.1) is 26.4 Å². The molecule has 0 fully saturated rings. The normalized spacial score (nSPS) is 14.0. The molecular weight excluding hydrogens is 1230 g/mol. The van der Waals surface area contributed by atoms with E-state index in [-0.39, 0.29) is 25.7 Å². The van der Waals surface area contributed by atoms with Crippen molar-refractivity contribution >= 4 is 39.5 Å². The molecule has 0 rings (SSSR count). The van der Waals surface area contributed by atoms with E-state index in [1.165, 1.54) is 193 Å². The first kappa shape index (κ1) is 92.1. The molecule has 0 radical (unpaired) electrons. The van der Waals surface area contributed by atoms with Gasteiger partial charge in [-0.25, -0.2) is 9.13 Å². The van der Waals surface area contributed by atoms with Crippen molar-refractivity contribution in [3.05, 3.63) is 0 Å². The highest BCUT2D eigenvalue weighted by atomic mass is 31.2. The van der Waals surface area contributed by atoms with E-state index >= 15 is 0 Å². The van der Waals surface area contributed by atoms with Crippen LogP contribution in [0.5, 0.6) is 0 Å². The van der Waals surface area contributed by atoms with Crippen LogP contribution in [0, 0.1) is 11.8 Å². The van der Waals surface area contributed by atoms with Gasteiger partial charge in [0, 0.05) is 25.7 Å². The van der Waals surface area contributed by atoms with Crippen LogP contribution < -0.4 is 0 Å². The van der Waals surface area contributed by atoms with Crippen LogP contribution in [0.25, 0.3) is 0 Å². The van der Waals surface area contributed by atoms with Crippen LogP contribution in [-0.4, -0.2) is 96.7 Å². The quantitative estimate of drug-likeness (QED) is 0.0222. The summed E-state index contributed by atoms with van der Waals surface area (Å²) in [6, 6.07) is 0. The number of hydrogen-bond acceptors (Lipinski definition) is 15. The van der Waals surface area contributed by atoms with Crippen molar-refractivity contribution in [2.24, 2.45) is 11.8 Å². The lowest BCUT2D eigenvalue weighted by atomic mass is 10.0. The highest BCUT2D eigenvalue weighted by Crippen LogP contribution is 2.45. The second-order valence-corrected chi connectivity index (χ2v) is 30.9. The maximum Gasteiger partial charge on any atom is 0.472 e. The van der Waals surface area contributed by atoms with E-state index in [2.05, 4.69) is 41.5 Å². The molecule has 0 aliphatic carbocycles. The Morgan fingerprint density at radius 3 is 0.723 bits per heavy atom. The van der Waals surface area contributed by atoms with Crippen molar-refractivity contribution in [1.29, 1.82) is 0 Å². The van der Waals surface area contributed by atoms with Crippen LogP contribution in [0.4, 0.5) is 0 Å². The molecule has 0 saturated heterocycles. The minimum Gasteiger partial charge on any atom is -0.462 e. The summed E-state index contributed by atoms with van der Waals surface area (Å²) in [4.78, 5) is 72.6. The van der Waals surface area contributed by atoms with Gasteiger partial charge in [0.2, 0.25) is 0 Å². The van der Waals surface area contributed by atoms with Crippen molar-refractivity contribution in [2.45, 2.75) is 407 Å². The van der Waals surface area contributed by atoms with E-state index in [0.29, 0.717) is 25.7 Å². The van der Waals surface area contributed by atoms with Gasteiger partial charge >= 0.3 is 39.5 Å². The van der Waals surface area contributed by atoms with Crippen molar-refractivity contribution in [2.75, 3.05) is 39.6 Å². The lowest BCUT2D eigenvalue weighted by Crippen LogP contribution is -2.30. The van der Waals surface area contributed by atoms with Crippen LogP contribution in [0.2, 0.25) is 0 Å². The number of carbonyl (C=O) groups is 4. The number of hydrogen-bond donors (Lipinski definition) is 3. The first-order chi connectivity index (χ1) is 45.4. The molecule has 0 spiro atoms. The first-order valence-corrected chi connectivity index (χ1v) is 42.0. The maximum atomic E-state index is 13.1. The summed E-state index contributed by atoms with van der Waals surface area (Å²) in [5.74, 6) is -0.584. The Kier molecular flexibility index (Phi) is 65.5. The predicted molar refractivity (Wildman–Crippen MR) is 381 cm³/mol. The van der Waals surface area contributed by atoms with Gasteiger partial charge in [0.15, 0.2) is 12.2 Å². The molecule has 17 nitrogen and oxygen atoms in total. The van der Waals surface area contributed by atoms with Crippen molar-refractivity contribution in [3.63, 3.8) is 0 Å². The molecule has 0 heterocycles. The second kappa shape index (κ2) is 66.9. The Hall–Kier alpha value is -1.94. The Balaban J connectivity index is 5.16. The number of ether oxygens (including phenoxy) is 4. The lowest BCUT2D eigenvalue weighted by molar-refractivity contribution is -0.161. The zero-order chi connectivity index (χ0) is 69.3. The smallest absolute Gasteiger partial charge is 0.462 e.